The maximum Gasteiger partial charge on any atom is 0.514 e. The van der Waals surface area contributed by atoms with Crippen molar-refractivity contribution in [1.29, 1.82) is 5.26 Å². The monoisotopic (exact) mass is 260 g/mol. The van der Waals surface area contributed by atoms with Gasteiger partial charge < -0.3 is 14.4 Å². The predicted octanol–water partition coefficient (Wildman–Crippen LogP) is 0.745. The molecule has 1 fully saturated rings. The van der Waals surface area contributed by atoms with E-state index in [4.69, 9.17) is 14.6 Å². The Bertz CT molecular complexity index is 521. The summed E-state index contributed by atoms with van der Waals surface area (Å²) in [6.07, 6.45) is 1.44. The zero-order valence-electron chi connectivity index (χ0n) is 11.6. The molecule has 1 N–H and O–H groups in total. The van der Waals surface area contributed by atoms with E-state index in [1.165, 1.54) is 6.20 Å². The lowest BCUT2D eigenvalue weighted by Gasteiger charge is -2.32. The van der Waals surface area contributed by atoms with E-state index in [1.54, 1.807) is 6.07 Å². The second-order valence-corrected chi connectivity index (χ2v) is 5.62. The first-order valence-corrected chi connectivity index (χ1v) is 6.16. The topological polar surface area (TPSA) is 75.4 Å². The number of aliphatic hydroxyl groups is 1. The largest absolute Gasteiger partial charge is 0.514 e. The minimum atomic E-state index is -0.581. The predicted molar refractivity (Wildman–Crippen MR) is 70.6 cm³/mol. The summed E-state index contributed by atoms with van der Waals surface area (Å²) in [5.74, 6) is 0. The number of rotatable bonds is 2. The first-order chi connectivity index (χ1) is 8.80. The molecule has 2 rings (SSSR count). The molecular weight excluding hydrogens is 243 g/mol. The van der Waals surface area contributed by atoms with Crippen molar-refractivity contribution < 1.29 is 14.4 Å². The maximum atomic E-state index is 9.26. The van der Waals surface area contributed by atoms with Crippen molar-refractivity contribution in [2.75, 3.05) is 0 Å². The molecule has 6 heteroatoms. The average molecular weight is 260 g/mol. The molecule has 1 aliphatic rings. The molecule has 19 heavy (non-hydrogen) atoms. The second-order valence-electron chi connectivity index (χ2n) is 5.62. The molecule has 5 nitrogen and oxygen atoms in total. The summed E-state index contributed by atoms with van der Waals surface area (Å²) in [6, 6.07) is 3.65. The molecule has 0 aliphatic carbocycles. The normalized spacial score (nSPS) is 20.3. The lowest BCUT2D eigenvalue weighted by atomic mass is 9.83. The van der Waals surface area contributed by atoms with Crippen molar-refractivity contribution >= 4 is 12.7 Å². The van der Waals surface area contributed by atoms with E-state index in [-0.39, 0.29) is 6.61 Å². The van der Waals surface area contributed by atoms with Gasteiger partial charge >= 0.3 is 7.12 Å². The number of nitriles is 1. The van der Waals surface area contributed by atoms with E-state index in [9.17, 15) is 5.11 Å². The van der Waals surface area contributed by atoms with Crippen LogP contribution in [0.3, 0.4) is 0 Å². The third-order valence-corrected chi connectivity index (χ3v) is 3.80. The van der Waals surface area contributed by atoms with Crippen molar-refractivity contribution in [2.45, 2.75) is 45.5 Å². The summed E-state index contributed by atoms with van der Waals surface area (Å²) < 4.78 is 11.7. The highest BCUT2D eigenvalue weighted by Crippen LogP contribution is 2.36. The van der Waals surface area contributed by atoms with Crippen molar-refractivity contribution in [3.8, 4) is 6.07 Å². The Balaban J connectivity index is 2.33. The van der Waals surface area contributed by atoms with E-state index in [2.05, 4.69) is 4.98 Å². The molecule has 1 saturated heterocycles. The summed E-state index contributed by atoms with van der Waals surface area (Å²) in [7, 11) is -0.581. The Labute approximate surface area is 113 Å². The van der Waals surface area contributed by atoms with Crippen LogP contribution in [0.25, 0.3) is 0 Å². The molecule has 1 aromatic rings. The second kappa shape index (κ2) is 4.60. The highest BCUT2D eigenvalue weighted by atomic mass is 16.7. The molecule has 0 atom stereocenters. The number of aromatic nitrogens is 1. The van der Waals surface area contributed by atoms with Gasteiger partial charge in [-0.15, -0.1) is 0 Å². The van der Waals surface area contributed by atoms with Gasteiger partial charge in [0.1, 0.15) is 6.07 Å². The number of hydrogen-bond donors (Lipinski definition) is 1. The summed E-state index contributed by atoms with van der Waals surface area (Å²) in [5, 5.41) is 18.2. The van der Waals surface area contributed by atoms with Gasteiger partial charge in [0.05, 0.1) is 29.0 Å². The maximum absolute atomic E-state index is 9.26. The van der Waals surface area contributed by atoms with E-state index in [0.29, 0.717) is 16.7 Å². The molecule has 100 valence electrons. The molecule has 0 bridgehead atoms. The number of nitrogens with zero attached hydrogens (tertiary/aromatic N) is 2. The molecule has 0 amide bonds. The minimum Gasteiger partial charge on any atom is -0.398 e. The minimum absolute atomic E-state index is 0.210. The standard InChI is InChI=1S/C13H17BN2O3/c1-12(2)13(3,4)19-14(18-12)11-5-9(8-17)10(6-15)7-16-11/h5,7,17H,8H2,1-4H3. The quantitative estimate of drug-likeness (QED) is 0.794. The summed E-state index contributed by atoms with van der Waals surface area (Å²) in [6.45, 7) is 7.64. The Morgan fingerprint density at radius 3 is 2.37 bits per heavy atom. The zero-order chi connectivity index (χ0) is 14.3. The third-order valence-electron chi connectivity index (χ3n) is 3.80. The van der Waals surface area contributed by atoms with E-state index >= 15 is 0 Å². The Kier molecular flexibility index (Phi) is 3.39. The lowest BCUT2D eigenvalue weighted by molar-refractivity contribution is 0.00578. The van der Waals surface area contributed by atoms with Gasteiger partial charge in [-0.05, 0) is 39.3 Å². The number of pyridine rings is 1. The van der Waals surface area contributed by atoms with Gasteiger partial charge in [-0.2, -0.15) is 5.26 Å². The fraction of sp³-hybridized carbons (Fsp3) is 0.538. The lowest BCUT2D eigenvalue weighted by Crippen LogP contribution is -2.41. The van der Waals surface area contributed by atoms with Crippen LogP contribution in [0.4, 0.5) is 0 Å². The summed E-state index contributed by atoms with van der Waals surface area (Å²) in [4.78, 5) is 4.19. The van der Waals surface area contributed by atoms with Crippen LogP contribution in [0.15, 0.2) is 12.3 Å². The highest BCUT2D eigenvalue weighted by Gasteiger charge is 2.52. The zero-order valence-corrected chi connectivity index (χ0v) is 11.6. The van der Waals surface area contributed by atoms with Gasteiger partial charge in [-0.25, -0.2) is 0 Å². The fourth-order valence-electron chi connectivity index (χ4n) is 1.84. The van der Waals surface area contributed by atoms with Gasteiger partial charge in [0.2, 0.25) is 0 Å². The van der Waals surface area contributed by atoms with Gasteiger partial charge in [-0.3, -0.25) is 4.98 Å². The molecule has 2 heterocycles. The number of aliphatic hydroxyl groups excluding tert-OH is 1. The van der Waals surface area contributed by atoms with E-state index in [0.717, 1.165) is 0 Å². The van der Waals surface area contributed by atoms with E-state index in [1.807, 2.05) is 33.8 Å². The van der Waals surface area contributed by atoms with Crippen LogP contribution in [0.1, 0.15) is 38.8 Å². The van der Waals surface area contributed by atoms with Crippen LogP contribution in [-0.4, -0.2) is 28.4 Å². The van der Waals surface area contributed by atoms with Crippen molar-refractivity contribution in [3.05, 3.63) is 23.4 Å². The smallest absolute Gasteiger partial charge is 0.398 e. The van der Waals surface area contributed by atoms with Gasteiger partial charge in [0.15, 0.2) is 0 Å². The SMILES string of the molecule is CC1(C)OB(c2cc(CO)c(C#N)cn2)OC1(C)C. The first-order valence-electron chi connectivity index (χ1n) is 6.16. The van der Waals surface area contributed by atoms with E-state index < -0.39 is 18.3 Å². The molecule has 0 spiro atoms. The molecule has 0 aromatic carbocycles. The molecular formula is C13H17BN2O3. The van der Waals surface area contributed by atoms with Gasteiger partial charge in [-0.1, -0.05) is 0 Å². The molecule has 0 radical (unpaired) electrons. The Morgan fingerprint density at radius 2 is 1.89 bits per heavy atom. The van der Waals surface area contributed by atoms with Crippen LogP contribution < -0.4 is 5.59 Å². The van der Waals surface area contributed by atoms with Crippen LogP contribution in [-0.2, 0) is 15.9 Å². The average Bonchev–Trinajstić information content (AvgIpc) is 2.57. The van der Waals surface area contributed by atoms with Crippen molar-refractivity contribution in [2.24, 2.45) is 0 Å². The molecule has 0 unspecified atom stereocenters. The highest BCUT2D eigenvalue weighted by molar-refractivity contribution is 6.61. The summed E-state index contributed by atoms with van der Waals surface area (Å²) in [5.41, 5.74) is 0.589. The van der Waals surface area contributed by atoms with Gasteiger partial charge in [0.25, 0.3) is 0 Å². The van der Waals surface area contributed by atoms with Crippen LogP contribution in [0.5, 0.6) is 0 Å². The van der Waals surface area contributed by atoms with Crippen LogP contribution >= 0.6 is 0 Å². The van der Waals surface area contributed by atoms with Crippen LogP contribution in [0, 0.1) is 11.3 Å². The van der Waals surface area contributed by atoms with Gasteiger partial charge in [0, 0.05) is 6.20 Å². The molecule has 0 saturated carbocycles. The first kappa shape index (κ1) is 14.0. The Morgan fingerprint density at radius 1 is 1.32 bits per heavy atom. The third kappa shape index (κ3) is 2.37. The van der Waals surface area contributed by atoms with Crippen molar-refractivity contribution in [3.63, 3.8) is 0 Å². The fourth-order valence-corrected chi connectivity index (χ4v) is 1.84. The molecule has 1 aliphatic heterocycles. The molecule has 1 aromatic heterocycles. The summed E-state index contributed by atoms with van der Waals surface area (Å²) >= 11 is 0. The van der Waals surface area contributed by atoms with Crippen molar-refractivity contribution in [1.82, 2.24) is 4.98 Å². The Hall–Kier alpha value is -1.42. The number of hydrogen-bond acceptors (Lipinski definition) is 5. The van der Waals surface area contributed by atoms with Crippen LogP contribution in [0.2, 0.25) is 0 Å².